The van der Waals surface area contributed by atoms with Crippen molar-refractivity contribution >= 4 is 11.9 Å². The van der Waals surface area contributed by atoms with Gasteiger partial charge in [0.2, 0.25) is 0 Å². The molecule has 7 heteroatoms. The van der Waals surface area contributed by atoms with Gasteiger partial charge < -0.3 is 19.1 Å². The first-order valence-electron chi connectivity index (χ1n) is 8.36. The Morgan fingerprint density at radius 1 is 1.19 bits per heavy atom. The Morgan fingerprint density at radius 3 is 2.59 bits per heavy atom. The molecule has 1 heterocycles. The predicted octanol–water partition coefficient (Wildman–Crippen LogP) is 2.01. The van der Waals surface area contributed by atoms with Crippen LogP contribution in [-0.2, 0) is 9.53 Å². The number of likely N-dealkylation sites (N-methyl/N-ethyl adjacent to an activating group) is 1. The van der Waals surface area contributed by atoms with Crippen molar-refractivity contribution in [1.82, 2.24) is 4.90 Å². The second-order valence-electron chi connectivity index (χ2n) is 6.04. The highest BCUT2D eigenvalue weighted by Gasteiger charge is 2.24. The van der Waals surface area contributed by atoms with E-state index in [2.05, 4.69) is 0 Å². The SMILES string of the molecule is CN(C[C@H]1COc2ccccc2O1)C(=O)COC(=O)c1ccc(C#N)cc1. The summed E-state index contributed by atoms with van der Waals surface area (Å²) >= 11 is 0. The van der Waals surface area contributed by atoms with Crippen molar-refractivity contribution in [3.8, 4) is 17.6 Å². The maximum Gasteiger partial charge on any atom is 0.338 e. The lowest BCUT2D eigenvalue weighted by Gasteiger charge is -2.29. The first-order valence-corrected chi connectivity index (χ1v) is 8.36. The summed E-state index contributed by atoms with van der Waals surface area (Å²) in [7, 11) is 1.61. The van der Waals surface area contributed by atoms with E-state index < -0.39 is 5.97 Å². The molecule has 0 spiro atoms. The molecule has 3 rings (SSSR count). The summed E-state index contributed by atoms with van der Waals surface area (Å²) in [5.41, 5.74) is 0.726. The van der Waals surface area contributed by atoms with Crippen LogP contribution in [0.4, 0.5) is 0 Å². The molecule has 0 aromatic heterocycles. The van der Waals surface area contributed by atoms with Gasteiger partial charge in [0.25, 0.3) is 5.91 Å². The molecule has 138 valence electrons. The van der Waals surface area contributed by atoms with E-state index in [9.17, 15) is 9.59 Å². The van der Waals surface area contributed by atoms with Gasteiger partial charge in [-0.1, -0.05) is 12.1 Å². The molecule has 0 bridgehead atoms. The molecule has 1 amide bonds. The monoisotopic (exact) mass is 366 g/mol. The predicted molar refractivity (Wildman–Crippen MR) is 95.4 cm³/mol. The minimum atomic E-state index is -0.618. The fourth-order valence-electron chi connectivity index (χ4n) is 2.56. The van der Waals surface area contributed by atoms with Crippen molar-refractivity contribution in [3.05, 3.63) is 59.7 Å². The van der Waals surface area contributed by atoms with Crippen LogP contribution in [-0.4, -0.2) is 49.7 Å². The molecule has 0 aliphatic carbocycles. The van der Waals surface area contributed by atoms with E-state index in [-0.39, 0.29) is 24.2 Å². The number of esters is 1. The van der Waals surface area contributed by atoms with Crippen molar-refractivity contribution in [1.29, 1.82) is 5.26 Å². The fraction of sp³-hybridized carbons (Fsp3) is 0.250. The van der Waals surface area contributed by atoms with Crippen LogP contribution in [0.1, 0.15) is 15.9 Å². The first kappa shape index (κ1) is 18.3. The number of carbonyl (C=O) groups excluding carboxylic acids is 2. The van der Waals surface area contributed by atoms with E-state index in [0.29, 0.717) is 30.2 Å². The molecule has 1 aliphatic heterocycles. The third kappa shape index (κ3) is 4.55. The van der Waals surface area contributed by atoms with Crippen LogP contribution in [0.15, 0.2) is 48.5 Å². The van der Waals surface area contributed by atoms with Gasteiger partial charge in [0.15, 0.2) is 24.2 Å². The number of carbonyl (C=O) groups is 2. The molecule has 0 fully saturated rings. The number of amides is 1. The quantitative estimate of drug-likeness (QED) is 0.752. The van der Waals surface area contributed by atoms with Crippen LogP contribution >= 0.6 is 0 Å². The van der Waals surface area contributed by atoms with Crippen molar-refractivity contribution < 1.29 is 23.8 Å². The van der Waals surface area contributed by atoms with Gasteiger partial charge in [0.05, 0.1) is 23.7 Å². The lowest BCUT2D eigenvalue weighted by Crippen LogP contribution is -2.43. The Morgan fingerprint density at radius 2 is 1.89 bits per heavy atom. The number of hydrogen-bond acceptors (Lipinski definition) is 6. The van der Waals surface area contributed by atoms with Gasteiger partial charge in [-0.3, -0.25) is 4.79 Å². The number of benzene rings is 2. The molecule has 0 radical (unpaired) electrons. The first-order chi connectivity index (χ1) is 13.1. The molecular weight excluding hydrogens is 348 g/mol. The van der Waals surface area contributed by atoms with Crippen molar-refractivity contribution in [2.75, 3.05) is 26.8 Å². The van der Waals surface area contributed by atoms with Crippen LogP contribution in [0.3, 0.4) is 0 Å². The second-order valence-corrected chi connectivity index (χ2v) is 6.04. The maximum atomic E-state index is 12.2. The molecule has 2 aromatic carbocycles. The van der Waals surface area contributed by atoms with Crippen LogP contribution in [0, 0.1) is 11.3 Å². The summed E-state index contributed by atoms with van der Waals surface area (Å²) in [6, 6.07) is 15.3. The summed E-state index contributed by atoms with van der Waals surface area (Å²) in [5.74, 6) is 0.354. The number of ether oxygens (including phenoxy) is 3. The van der Waals surface area contributed by atoms with Gasteiger partial charge in [0.1, 0.15) is 6.61 Å². The van der Waals surface area contributed by atoms with Crippen molar-refractivity contribution in [2.24, 2.45) is 0 Å². The summed E-state index contributed by atoms with van der Waals surface area (Å²) in [6.45, 7) is 0.265. The maximum absolute atomic E-state index is 12.2. The number of nitrogens with zero attached hydrogens (tertiary/aromatic N) is 2. The highest BCUT2D eigenvalue weighted by molar-refractivity contribution is 5.91. The van der Waals surface area contributed by atoms with Gasteiger partial charge in [-0.05, 0) is 36.4 Å². The molecule has 0 N–H and O–H groups in total. The van der Waals surface area contributed by atoms with Crippen molar-refractivity contribution in [3.63, 3.8) is 0 Å². The van der Waals surface area contributed by atoms with E-state index >= 15 is 0 Å². The molecule has 0 saturated carbocycles. The highest BCUT2D eigenvalue weighted by atomic mass is 16.6. The van der Waals surface area contributed by atoms with E-state index in [4.69, 9.17) is 19.5 Å². The zero-order valence-corrected chi connectivity index (χ0v) is 14.8. The normalized spacial score (nSPS) is 14.7. The molecule has 0 unspecified atom stereocenters. The van der Waals surface area contributed by atoms with E-state index in [1.165, 1.54) is 29.2 Å². The van der Waals surface area contributed by atoms with E-state index in [1.807, 2.05) is 30.3 Å². The smallest absolute Gasteiger partial charge is 0.338 e. The molecule has 2 aromatic rings. The van der Waals surface area contributed by atoms with Crippen LogP contribution in [0.25, 0.3) is 0 Å². The number of para-hydroxylation sites is 2. The molecule has 0 saturated heterocycles. The topological polar surface area (TPSA) is 88.9 Å². The number of rotatable bonds is 5. The highest BCUT2D eigenvalue weighted by Crippen LogP contribution is 2.30. The van der Waals surface area contributed by atoms with Crippen molar-refractivity contribution in [2.45, 2.75) is 6.10 Å². The third-order valence-corrected chi connectivity index (χ3v) is 4.05. The summed E-state index contributed by atoms with van der Waals surface area (Å²) in [4.78, 5) is 25.6. The minimum Gasteiger partial charge on any atom is -0.486 e. The number of fused-ring (bicyclic) bond motifs is 1. The molecule has 1 aliphatic rings. The fourth-order valence-corrected chi connectivity index (χ4v) is 2.56. The summed E-state index contributed by atoms with van der Waals surface area (Å²) in [5, 5.41) is 8.76. The Bertz CT molecular complexity index is 873. The zero-order valence-electron chi connectivity index (χ0n) is 14.8. The van der Waals surface area contributed by atoms with E-state index in [0.717, 1.165) is 0 Å². The Labute approximate surface area is 156 Å². The van der Waals surface area contributed by atoms with Gasteiger partial charge in [-0.25, -0.2) is 4.79 Å². The largest absolute Gasteiger partial charge is 0.486 e. The third-order valence-electron chi connectivity index (χ3n) is 4.05. The molecule has 27 heavy (non-hydrogen) atoms. The number of nitriles is 1. The molecular formula is C20H18N2O5. The van der Waals surface area contributed by atoms with Gasteiger partial charge >= 0.3 is 5.97 Å². The standard InChI is InChI=1S/C20H18N2O5/c1-22(11-16-12-25-17-4-2-3-5-18(17)27-16)19(23)13-26-20(24)15-8-6-14(10-21)7-9-15/h2-9,16H,11-13H2,1H3/t16-/m0/s1. The lowest BCUT2D eigenvalue weighted by molar-refractivity contribution is -0.134. The zero-order chi connectivity index (χ0) is 19.2. The van der Waals surface area contributed by atoms with Gasteiger partial charge in [0, 0.05) is 7.05 Å². The average molecular weight is 366 g/mol. The Hall–Kier alpha value is -3.53. The minimum absolute atomic E-state index is 0.282. The molecule has 7 nitrogen and oxygen atoms in total. The van der Waals surface area contributed by atoms with Gasteiger partial charge in [-0.2, -0.15) is 5.26 Å². The Kier molecular flexibility index (Phi) is 5.57. The number of hydrogen-bond donors (Lipinski definition) is 0. The van der Waals surface area contributed by atoms with Crippen LogP contribution in [0.5, 0.6) is 11.5 Å². The Balaban J connectivity index is 1.48. The second kappa shape index (κ2) is 8.23. The lowest BCUT2D eigenvalue weighted by atomic mass is 10.1. The summed E-state index contributed by atoms with van der Waals surface area (Å²) < 4.78 is 16.5. The molecule has 1 atom stereocenters. The van der Waals surface area contributed by atoms with E-state index in [1.54, 1.807) is 7.05 Å². The van der Waals surface area contributed by atoms with Crippen LogP contribution in [0.2, 0.25) is 0 Å². The average Bonchev–Trinajstić information content (AvgIpc) is 2.71. The van der Waals surface area contributed by atoms with Gasteiger partial charge in [-0.15, -0.1) is 0 Å². The van der Waals surface area contributed by atoms with Crippen LogP contribution < -0.4 is 9.47 Å². The summed E-state index contributed by atoms with van der Waals surface area (Å²) in [6.07, 6.45) is -0.303.